The second kappa shape index (κ2) is 8.86. The number of aromatic amines is 2. The highest BCUT2D eigenvalue weighted by molar-refractivity contribution is 7.17. The highest BCUT2D eigenvalue weighted by atomic mass is 32.1. The normalized spacial score (nSPS) is 11.6. The molecule has 0 spiro atoms. The number of H-pyrrole nitrogens is 2. The van der Waals surface area contributed by atoms with E-state index in [4.69, 9.17) is 4.98 Å². The monoisotopic (exact) mass is 512 g/mol. The fraction of sp³-hybridized carbons (Fsp3) is 0.154. The number of Topliss-reactive ketones (excluding diaryl/α,β-unsaturated/α-hetero) is 1. The number of aromatic nitrogens is 7. The minimum Gasteiger partial charge on any atom is -0.382 e. The summed E-state index contributed by atoms with van der Waals surface area (Å²) in [5, 5.41) is 10.8. The Balaban J connectivity index is 1.47. The van der Waals surface area contributed by atoms with Crippen LogP contribution in [0.5, 0.6) is 0 Å². The van der Waals surface area contributed by atoms with E-state index in [-0.39, 0.29) is 22.9 Å². The van der Waals surface area contributed by atoms with Crippen LogP contribution in [0.1, 0.15) is 30.4 Å². The molecule has 37 heavy (non-hydrogen) atoms. The van der Waals surface area contributed by atoms with Gasteiger partial charge in [0.2, 0.25) is 0 Å². The second-order valence-corrected chi connectivity index (χ2v) is 9.99. The topological polar surface area (TPSA) is 125 Å². The summed E-state index contributed by atoms with van der Waals surface area (Å²) in [5.74, 6) is -0.133. The molecule has 0 saturated heterocycles. The molecule has 0 atom stereocenters. The standard InChI is InChI=1S/C26H21FN8OS/c1-12(2)31-15-8-14(9-28-10-15)22-21(27)20-17(11-30-22)34-35-25(20)26-32-16-6-7-29-24(23(16)33-26)19-5-4-18(37-19)13(3)36/h4-12,31H,1-3H3,(H,32,33)(H,34,35). The molecule has 6 aromatic heterocycles. The van der Waals surface area contributed by atoms with Crippen LogP contribution in [0.3, 0.4) is 0 Å². The molecule has 0 amide bonds. The van der Waals surface area contributed by atoms with Gasteiger partial charge in [-0.3, -0.25) is 24.8 Å². The predicted octanol–water partition coefficient (Wildman–Crippen LogP) is 5.85. The van der Waals surface area contributed by atoms with Crippen LogP contribution < -0.4 is 5.32 Å². The quantitative estimate of drug-likeness (QED) is 0.239. The number of halogens is 1. The van der Waals surface area contributed by atoms with Gasteiger partial charge in [-0.1, -0.05) is 0 Å². The summed E-state index contributed by atoms with van der Waals surface area (Å²) < 4.78 is 16.0. The molecular weight excluding hydrogens is 491 g/mol. The van der Waals surface area contributed by atoms with Gasteiger partial charge in [-0.15, -0.1) is 11.3 Å². The average molecular weight is 513 g/mol. The largest absolute Gasteiger partial charge is 0.382 e. The zero-order valence-corrected chi connectivity index (χ0v) is 20.9. The van der Waals surface area contributed by atoms with E-state index < -0.39 is 5.82 Å². The number of carbonyl (C=O) groups excluding carboxylic acids is 1. The van der Waals surface area contributed by atoms with Crippen LogP contribution in [0.25, 0.3) is 55.3 Å². The molecule has 0 fully saturated rings. The number of fused-ring (bicyclic) bond motifs is 2. The van der Waals surface area contributed by atoms with Crippen molar-refractivity contribution in [3.05, 3.63) is 59.7 Å². The first kappa shape index (κ1) is 22.9. The van der Waals surface area contributed by atoms with Crippen LogP contribution >= 0.6 is 11.3 Å². The SMILES string of the molecule is CC(=O)c1ccc(-c2nccc3[nH]c(-c4n[nH]c5cnc(-c6cncc(NC(C)C)c6)c(F)c45)nc23)s1. The van der Waals surface area contributed by atoms with E-state index in [9.17, 15) is 4.79 Å². The van der Waals surface area contributed by atoms with Crippen LogP contribution in [0.2, 0.25) is 0 Å². The Morgan fingerprint density at radius 3 is 2.70 bits per heavy atom. The number of rotatable bonds is 6. The lowest BCUT2D eigenvalue weighted by atomic mass is 10.1. The highest BCUT2D eigenvalue weighted by Crippen LogP contribution is 2.35. The van der Waals surface area contributed by atoms with Crippen molar-refractivity contribution >= 4 is 44.7 Å². The summed E-state index contributed by atoms with van der Waals surface area (Å²) in [6.07, 6.45) is 6.49. The van der Waals surface area contributed by atoms with Gasteiger partial charge in [0.1, 0.15) is 22.6 Å². The maximum atomic E-state index is 16.0. The third-order valence-corrected chi connectivity index (χ3v) is 7.02. The molecule has 0 aliphatic heterocycles. The lowest BCUT2D eigenvalue weighted by molar-refractivity contribution is 0.102. The molecular formula is C26H21FN8OS. The highest BCUT2D eigenvalue weighted by Gasteiger charge is 2.22. The molecule has 11 heteroatoms. The molecule has 3 N–H and O–H groups in total. The van der Waals surface area contributed by atoms with E-state index in [0.29, 0.717) is 38.7 Å². The molecule has 0 aliphatic rings. The van der Waals surface area contributed by atoms with E-state index >= 15 is 4.39 Å². The Labute approximate surface area is 214 Å². The van der Waals surface area contributed by atoms with Crippen molar-refractivity contribution in [2.45, 2.75) is 26.8 Å². The number of nitrogens with one attached hydrogen (secondary N) is 3. The van der Waals surface area contributed by atoms with Gasteiger partial charge in [0.15, 0.2) is 17.4 Å². The molecule has 6 aromatic rings. The number of ketones is 1. The number of hydrogen-bond donors (Lipinski definition) is 3. The third-order valence-electron chi connectivity index (χ3n) is 5.82. The molecule has 6 heterocycles. The first-order chi connectivity index (χ1) is 17.9. The van der Waals surface area contributed by atoms with E-state index in [0.717, 1.165) is 16.1 Å². The van der Waals surface area contributed by atoms with Crippen LogP contribution in [-0.4, -0.2) is 46.9 Å². The Bertz CT molecular complexity index is 1800. The van der Waals surface area contributed by atoms with E-state index in [1.165, 1.54) is 18.3 Å². The van der Waals surface area contributed by atoms with Crippen molar-refractivity contribution in [1.82, 2.24) is 35.1 Å². The number of hydrogen-bond acceptors (Lipinski definition) is 8. The van der Waals surface area contributed by atoms with Crippen molar-refractivity contribution in [3.8, 4) is 33.3 Å². The fourth-order valence-electron chi connectivity index (χ4n) is 4.21. The van der Waals surface area contributed by atoms with Crippen LogP contribution in [0.15, 0.2) is 49.1 Å². The molecule has 0 aliphatic carbocycles. The van der Waals surface area contributed by atoms with Gasteiger partial charge in [0.25, 0.3) is 0 Å². The Morgan fingerprint density at radius 2 is 1.92 bits per heavy atom. The minimum atomic E-state index is -0.520. The first-order valence-corrected chi connectivity index (χ1v) is 12.4. The smallest absolute Gasteiger partial charge is 0.169 e. The van der Waals surface area contributed by atoms with Gasteiger partial charge >= 0.3 is 0 Å². The van der Waals surface area contributed by atoms with Gasteiger partial charge in [0.05, 0.1) is 38.1 Å². The van der Waals surface area contributed by atoms with Gasteiger partial charge in [-0.05, 0) is 45.0 Å². The first-order valence-electron chi connectivity index (χ1n) is 11.6. The summed E-state index contributed by atoms with van der Waals surface area (Å²) >= 11 is 1.36. The van der Waals surface area contributed by atoms with Gasteiger partial charge in [-0.25, -0.2) is 9.37 Å². The van der Waals surface area contributed by atoms with Gasteiger partial charge in [0, 0.05) is 30.2 Å². The van der Waals surface area contributed by atoms with Crippen molar-refractivity contribution < 1.29 is 9.18 Å². The number of carbonyl (C=O) groups is 1. The van der Waals surface area contributed by atoms with Crippen LogP contribution in [0, 0.1) is 5.82 Å². The summed E-state index contributed by atoms with van der Waals surface area (Å²) in [6.45, 7) is 5.57. The molecule has 9 nitrogen and oxygen atoms in total. The minimum absolute atomic E-state index is 0.00486. The number of thiophene rings is 1. The Morgan fingerprint density at radius 1 is 1.05 bits per heavy atom. The maximum Gasteiger partial charge on any atom is 0.169 e. The summed E-state index contributed by atoms with van der Waals surface area (Å²) in [6, 6.07) is 7.46. The maximum absolute atomic E-state index is 16.0. The van der Waals surface area contributed by atoms with E-state index in [2.05, 4.69) is 35.5 Å². The van der Waals surface area contributed by atoms with E-state index in [1.807, 2.05) is 26.0 Å². The predicted molar refractivity (Wildman–Crippen MR) is 142 cm³/mol. The fourth-order valence-corrected chi connectivity index (χ4v) is 5.11. The molecule has 0 bridgehead atoms. The summed E-state index contributed by atoms with van der Waals surface area (Å²) in [4.78, 5) is 34.3. The van der Waals surface area contributed by atoms with Crippen molar-refractivity contribution in [2.75, 3.05) is 5.32 Å². The summed E-state index contributed by atoms with van der Waals surface area (Å²) in [7, 11) is 0. The third kappa shape index (κ3) is 4.02. The Hall–Kier alpha value is -4.51. The van der Waals surface area contributed by atoms with Crippen LogP contribution in [-0.2, 0) is 0 Å². The molecule has 184 valence electrons. The molecule has 6 rings (SSSR count). The number of imidazole rings is 1. The summed E-state index contributed by atoms with van der Waals surface area (Å²) in [5.41, 5.74) is 4.25. The lowest BCUT2D eigenvalue weighted by Gasteiger charge is -2.11. The van der Waals surface area contributed by atoms with Gasteiger partial charge in [-0.2, -0.15) is 5.10 Å². The molecule has 0 unspecified atom stereocenters. The molecule has 0 radical (unpaired) electrons. The molecule has 0 aromatic carbocycles. The number of anilines is 1. The zero-order valence-electron chi connectivity index (χ0n) is 20.1. The lowest BCUT2D eigenvalue weighted by Crippen LogP contribution is -2.09. The van der Waals surface area contributed by atoms with Gasteiger partial charge < -0.3 is 10.3 Å². The van der Waals surface area contributed by atoms with Crippen molar-refractivity contribution in [3.63, 3.8) is 0 Å². The number of nitrogens with zero attached hydrogens (tertiary/aromatic N) is 5. The average Bonchev–Trinajstić information content (AvgIpc) is 3.61. The number of pyridine rings is 3. The zero-order chi connectivity index (χ0) is 25.7. The second-order valence-electron chi connectivity index (χ2n) is 8.90. The molecule has 0 saturated carbocycles. The van der Waals surface area contributed by atoms with E-state index in [1.54, 1.807) is 36.9 Å². The van der Waals surface area contributed by atoms with Crippen LogP contribution in [0.4, 0.5) is 10.1 Å². The van der Waals surface area contributed by atoms with Crippen molar-refractivity contribution in [2.24, 2.45) is 0 Å². The Kier molecular flexibility index (Phi) is 5.49. The van der Waals surface area contributed by atoms with Crippen molar-refractivity contribution in [1.29, 1.82) is 0 Å².